The first-order chi connectivity index (χ1) is 23.1. The number of carbonyl (C=O) groups excluding carboxylic acids is 2. The lowest BCUT2D eigenvalue weighted by molar-refractivity contribution is -0.384. The number of fused-ring (bicyclic) bond motifs is 1. The number of carbonyl (C=O) groups is 2. The lowest BCUT2D eigenvalue weighted by Gasteiger charge is -2.11. The smallest absolute Gasteiger partial charge is 0.269 e. The summed E-state index contributed by atoms with van der Waals surface area (Å²) in [5.74, 6) is 0.227. The van der Waals surface area contributed by atoms with E-state index in [1.54, 1.807) is 41.7 Å². The molecule has 1 unspecified atom stereocenters. The molecule has 2 heterocycles. The molecule has 2 aromatic carbocycles. The number of aliphatic imine (C=N–C) groups is 1. The highest BCUT2D eigenvalue weighted by Gasteiger charge is 2.16. The molecule has 4 aromatic rings. The lowest BCUT2D eigenvalue weighted by Crippen LogP contribution is -2.26. The van der Waals surface area contributed by atoms with Gasteiger partial charge >= 0.3 is 0 Å². The average molecular weight is 770 g/mol. The van der Waals surface area contributed by atoms with Crippen molar-refractivity contribution in [1.29, 1.82) is 0 Å². The van der Waals surface area contributed by atoms with Gasteiger partial charge in [0, 0.05) is 67.2 Å². The van der Waals surface area contributed by atoms with Crippen LogP contribution in [0.1, 0.15) is 40.9 Å². The molecule has 1 atom stereocenters. The molecule has 0 saturated carbocycles. The Bertz CT molecular complexity index is 1740. The average Bonchev–Trinajstić information content (AvgIpc) is 3.08. The fraction of sp³-hybridized carbons (Fsp3) is 0.344. The van der Waals surface area contributed by atoms with Crippen molar-refractivity contribution in [2.24, 2.45) is 4.99 Å². The summed E-state index contributed by atoms with van der Waals surface area (Å²) >= 11 is 2.19. The molecule has 16 heteroatoms. The second-order valence-electron chi connectivity index (χ2n) is 10.9. The van der Waals surface area contributed by atoms with Crippen LogP contribution in [0, 0.1) is 10.1 Å². The number of non-ortho nitro benzene ring substituents is 1. The number of nitrogens with one attached hydrogen (secondary N) is 2. The fourth-order valence-corrected chi connectivity index (χ4v) is 5.04. The summed E-state index contributed by atoms with van der Waals surface area (Å²) in [6.45, 7) is 0.677. The molecule has 15 nitrogen and oxygen atoms in total. The van der Waals surface area contributed by atoms with Crippen molar-refractivity contribution < 1.29 is 24.4 Å². The zero-order chi connectivity index (χ0) is 34.5. The standard InChI is InChI=1S/C32H36IN9O6/c1-41(2)20-37-32-39-30-29(31(40-32)48-16-13-21-3-10-26(11-4-21)42(46)47)38-25(19-36-30)18-35-24-8-5-22(6-9-24)27(44)17-23(33)7-12-28(45)34-14-15-43/h3-6,8-11,19-20,23,35,43H,7,12-18H2,1-2H3,(H,34,45). The van der Waals surface area contributed by atoms with Gasteiger partial charge in [0.2, 0.25) is 11.8 Å². The molecule has 0 bridgehead atoms. The Labute approximate surface area is 290 Å². The summed E-state index contributed by atoms with van der Waals surface area (Å²) in [6, 6.07) is 13.4. The molecule has 48 heavy (non-hydrogen) atoms. The number of hydrogen-bond donors (Lipinski definition) is 3. The van der Waals surface area contributed by atoms with E-state index in [9.17, 15) is 19.7 Å². The molecule has 1 amide bonds. The number of alkyl halides is 1. The maximum Gasteiger partial charge on any atom is 0.269 e. The minimum atomic E-state index is -0.443. The molecule has 0 saturated heterocycles. The molecule has 252 valence electrons. The van der Waals surface area contributed by atoms with Crippen LogP contribution in [0.4, 0.5) is 17.3 Å². The monoisotopic (exact) mass is 769 g/mol. The first-order valence-corrected chi connectivity index (χ1v) is 16.3. The van der Waals surface area contributed by atoms with Gasteiger partial charge in [-0.2, -0.15) is 9.97 Å². The van der Waals surface area contributed by atoms with E-state index in [2.05, 4.69) is 53.2 Å². The number of nitro groups is 1. The van der Waals surface area contributed by atoms with Gasteiger partial charge in [0.15, 0.2) is 16.9 Å². The van der Waals surface area contributed by atoms with Crippen molar-refractivity contribution in [2.45, 2.75) is 36.2 Å². The van der Waals surface area contributed by atoms with Crippen LogP contribution in [-0.2, 0) is 17.8 Å². The summed E-state index contributed by atoms with van der Waals surface area (Å²) in [5, 5.41) is 25.7. The minimum Gasteiger partial charge on any atom is -0.476 e. The van der Waals surface area contributed by atoms with Crippen LogP contribution in [0.2, 0.25) is 0 Å². The number of rotatable bonds is 18. The first kappa shape index (κ1) is 36.0. The highest BCUT2D eigenvalue weighted by atomic mass is 127. The number of ketones is 1. The third-order valence-electron chi connectivity index (χ3n) is 6.80. The summed E-state index contributed by atoms with van der Waals surface area (Å²) in [7, 11) is 3.65. The highest BCUT2D eigenvalue weighted by molar-refractivity contribution is 14.1. The fourth-order valence-electron chi connectivity index (χ4n) is 4.33. The Morgan fingerprint density at radius 3 is 2.56 bits per heavy atom. The van der Waals surface area contributed by atoms with Crippen molar-refractivity contribution in [3.05, 3.63) is 81.7 Å². The molecule has 0 aliphatic carbocycles. The second kappa shape index (κ2) is 17.9. The molecule has 0 spiro atoms. The molecule has 2 aromatic heterocycles. The van der Waals surface area contributed by atoms with Crippen LogP contribution >= 0.6 is 22.6 Å². The lowest BCUT2D eigenvalue weighted by atomic mass is 10.0. The number of anilines is 1. The molecule has 0 aliphatic rings. The molecular formula is C32H36IN9O6. The number of aliphatic hydroxyl groups is 1. The third-order valence-corrected chi connectivity index (χ3v) is 7.86. The SMILES string of the molecule is CN(C)C=Nc1nc(OCCc2ccc([N+](=O)[O-])cc2)c2nc(CNc3ccc(C(=O)CC(I)CCC(=O)NCCO)cc3)cnc2n1. The van der Waals surface area contributed by atoms with E-state index in [0.717, 1.165) is 11.3 Å². The Kier molecular flexibility index (Phi) is 13.4. The molecule has 4 rings (SSSR count). The summed E-state index contributed by atoms with van der Waals surface area (Å²) < 4.78 is 6.02. The van der Waals surface area contributed by atoms with Crippen molar-refractivity contribution in [3.8, 4) is 5.88 Å². The predicted octanol–water partition coefficient (Wildman–Crippen LogP) is 4.05. The van der Waals surface area contributed by atoms with Gasteiger partial charge in [0.25, 0.3) is 11.6 Å². The predicted molar refractivity (Wildman–Crippen MR) is 189 cm³/mol. The van der Waals surface area contributed by atoms with Crippen LogP contribution in [0.5, 0.6) is 5.88 Å². The van der Waals surface area contributed by atoms with Gasteiger partial charge in [-0.15, -0.1) is 0 Å². The first-order valence-electron chi connectivity index (χ1n) is 15.1. The summed E-state index contributed by atoms with van der Waals surface area (Å²) in [6.07, 6.45) is 4.83. The van der Waals surface area contributed by atoms with E-state index in [1.807, 2.05) is 26.2 Å². The van der Waals surface area contributed by atoms with E-state index < -0.39 is 4.92 Å². The number of hydrogen-bond acceptors (Lipinski definition) is 12. The maximum absolute atomic E-state index is 12.8. The minimum absolute atomic E-state index is 0.00694. The Hall–Kier alpha value is -4.84. The van der Waals surface area contributed by atoms with Gasteiger partial charge in [-0.3, -0.25) is 19.7 Å². The van der Waals surface area contributed by atoms with Crippen molar-refractivity contribution in [2.75, 3.05) is 39.2 Å². The number of nitrogens with zero attached hydrogens (tertiary/aromatic N) is 7. The van der Waals surface area contributed by atoms with Crippen LogP contribution < -0.4 is 15.4 Å². The molecule has 0 fully saturated rings. The Balaban J connectivity index is 1.39. The van der Waals surface area contributed by atoms with Gasteiger partial charge in [-0.25, -0.2) is 15.0 Å². The van der Waals surface area contributed by atoms with Crippen LogP contribution in [0.3, 0.4) is 0 Å². The van der Waals surface area contributed by atoms with Gasteiger partial charge < -0.3 is 25.4 Å². The van der Waals surface area contributed by atoms with Gasteiger partial charge in [0.1, 0.15) is 0 Å². The molecular weight excluding hydrogens is 733 g/mol. The van der Waals surface area contributed by atoms with Crippen molar-refractivity contribution in [3.63, 3.8) is 0 Å². The van der Waals surface area contributed by atoms with Gasteiger partial charge in [-0.05, 0) is 36.2 Å². The van der Waals surface area contributed by atoms with E-state index in [4.69, 9.17) is 14.8 Å². The number of Topliss-reactive ketones (excluding diaryl/α,β-unsaturated/α-hetero) is 1. The number of aliphatic hydroxyl groups excluding tert-OH is 1. The number of ether oxygens (including phenoxy) is 1. The normalized spacial score (nSPS) is 11.8. The zero-order valence-electron chi connectivity index (χ0n) is 26.5. The van der Waals surface area contributed by atoms with E-state index in [0.29, 0.717) is 54.6 Å². The number of amides is 1. The van der Waals surface area contributed by atoms with Crippen LogP contribution in [0.25, 0.3) is 11.2 Å². The number of aromatic nitrogens is 4. The highest BCUT2D eigenvalue weighted by Crippen LogP contribution is 2.24. The topological polar surface area (TPSA) is 198 Å². The van der Waals surface area contributed by atoms with E-state index in [-0.39, 0.29) is 52.9 Å². The number of nitro benzene ring substituents is 1. The third kappa shape index (κ3) is 11.2. The van der Waals surface area contributed by atoms with E-state index in [1.165, 1.54) is 12.1 Å². The van der Waals surface area contributed by atoms with Crippen LogP contribution in [0.15, 0.2) is 59.7 Å². The zero-order valence-corrected chi connectivity index (χ0v) is 28.7. The quantitative estimate of drug-likeness (QED) is 0.0250. The second-order valence-corrected chi connectivity index (χ2v) is 12.6. The summed E-state index contributed by atoms with van der Waals surface area (Å²) in [5.41, 5.74) is 3.52. The van der Waals surface area contributed by atoms with Crippen molar-refractivity contribution in [1.82, 2.24) is 30.2 Å². The van der Waals surface area contributed by atoms with E-state index >= 15 is 0 Å². The van der Waals surface area contributed by atoms with Gasteiger partial charge in [-0.1, -0.05) is 34.7 Å². The van der Waals surface area contributed by atoms with Gasteiger partial charge in [0.05, 0.1) is 42.9 Å². The molecule has 3 N–H and O–H groups in total. The molecule has 0 radical (unpaired) electrons. The Morgan fingerprint density at radius 2 is 1.88 bits per heavy atom. The number of halogens is 1. The number of benzene rings is 2. The Morgan fingerprint density at radius 1 is 1.12 bits per heavy atom. The largest absolute Gasteiger partial charge is 0.476 e. The summed E-state index contributed by atoms with van der Waals surface area (Å²) in [4.78, 5) is 59.1. The maximum atomic E-state index is 12.8. The molecule has 0 aliphatic heterocycles. The van der Waals surface area contributed by atoms with Crippen molar-refractivity contribution >= 4 is 69.1 Å². The van der Waals surface area contributed by atoms with Crippen LogP contribution in [-0.4, -0.2) is 90.7 Å².